The molecule has 0 spiro atoms. The second kappa shape index (κ2) is 6.10. The molecule has 4 nitrogen and oxygen atoms in total. The Morgan fingerprint density at radius 2 is 1.86 bits per heavy atom. The molecule has 22 heavy (non-hydrogen) atoms. The molecule has 0 unspecified atom stereocenters. The summed E-state index contributed by atoms with van der Waals surface area (Å²) in [5.74, 6) is 0.848. The van der Waals surface area contributed by atoms with Gasteiger partial charge in [0, 0.05) is 17.8 Å². The van der Waals surface area contributed by atoms with Crippen molar-refractivity contribution in [2.75, 3.05) is 19.0 Å². The molecule has 0 fully saturated rings. The van der Waals surface area contributed by atoms with Crippen molar-refractivity contribution in [2.45, 2.75) is 19.5 Å². The number of hydrogen-bond donors (Lipinski definition) is 1. The molecule has 2 aromatic rings. The number of nitrogens with one attached hydrogen (secondary N) is 1. The quantitative estimate of drug-likeness (QED) is 0.936. The summed E-state index contributed by atoms with van der Waals surface area (Å²) in [5.41, 5.74) is 2.57. The van der Waals surface area contributed by atoms with E-state index in [0.29, 0.717) is 6.54 Å². The summed E-state index contributed by atoms with van der Waals surface area (Å²) in [6.07, 6.45) is 0.694. The fourth-order valence-corrected chi connectivity index (χ4v) is 2.90. The summed E-state index contributed by atoms with van der Waals surface area (Å²) in [5, 5.41) is 3.48. The highest BCUT2D eigenvalue weighted by Crippen LogP contribution is 2.36. The number of benzene rings is 2. The molecule has 0 aromatic heterocycles. The number of para-hydroxylation sites is 2. The largest absolute Gasteiger partial charge is 0.496 e. The zero-order valence-electron chi connectivity index (χ0n) is 12.9. The summed E-state index contributed by atoms with van der Waals surface area (Å²) >= 11 is 0. The Balaban J connectivity index is 2.07. The molecule has 1 N–H and O–H groups in total. The van der Waals surface area contributed by atoms with E-state index in [1.54, 1.807) is 7.11 Å². The zero-order valence-corrected chi connectivity index (χ0v) is 12.9. The van der Waals surface area contributed by atoms with Gasteiger partial charge in [-0.1, -0.05) is 37.3 Å². The van der Waals surface area contributed by atoms with Gasteiger partial charge in [0.05, 0.1) is 12.7 Å². The number of methoxy groups -OCH3 is 1. The van der Waals surface area contributed by atoms with Crippen LogP contribution < -0.4 is 10.1 Å². The maximum Gasteiger partial charge on any atom is 0.257 e. The lowest BCUT2D eigenvalue weighted by Crippen LogP contribution is -2.43. The monoisotopic (exact) mass is 296 g/mol. The van der Waals surface area contributed by atoms with Crippen LogP contribution in [0.2, 0.25) is 0 Å². The van der Waals surface area contributed by atoms with Gasteiger partial charge in [-0.25, -0.2) is 0 Å². The second-order valence-electron chi connectivity index (χ2n) is 5.33. The molecule has 114 valence electrons. The minimum atomic E-state index is -0.210. The minimum Gasteiger partial charge on any atom is -0.496 e. The van der Waals surface area contributed by atoms with Gasteiger partial charge in [-0.3, -0.25) is 4.79 Å². The standard InChI is InChI=1S/C18H20N2O2/c1-3-12-20-17(14-9-5-7-11-16(14)22-2)19-15-10-6-4-8-13(15)18(20)21/h4-11,17,19H,3,12H2,1-2H3/t17-/m0/s1. The highest BCUT2D eigenvalue weighted by atomic mass is 16.5. The van der Waals surface area contributed by atoms with Crippen LogP contribution in [0.15, 0.2) is 48.5 Å². The molecule has 2 aromatic carbocycles. The lowest BCUT2D eigenvalue weighted by Gasteiger charge is -2.38. The van der Waals surface area contributed by atoms with E-state index in [1.165, 1.54) is 0 Å². The van der Waals surface area contributed by atoms with Gasteiger partial charge in [0.25, 0.3) is 5.91 Å². The van der Waals surface area contributed by atoms with Gasteiger partial charge in [-0.2, -0.15) is 0 Å². The van der Waals surface area contributed by atoms with Gasteiger partial charge in [-0.05, 0) is 24.6 Å². The molecule has 1 aliphatic heterocycles. The van der Waals surface area contributed by atoms with Crippen molar-refractivity contribution in [1.29, 1.82) is 0 Å². The lowest BCUT2D eigenvalue weighted by atomic mass is 10.0. The average molecular weight is 296 g/mol. The normalized spacial score (nSPS) is 16.9. The highest BCUT2D eigenvalue weighted by molar-refractivity contribution is 6.01. The molecular formula is C18H20N2O2. The number of ether oxygens (including phenoxy) is 1. The molecule has 1 heterocycles. The van der Waals surface area contributed by atoms with Gasteiger partial charge < -0.3 is 15.0 Å². The van der Waals surface area contributed by atoms with E-state index in [0.717, 1.165) is 29.0 Å². The van der Waals surface area contributed by atoms with Crippen molar-refractivity contribution in [3.05, 3.63) is 59.7 Å². The Kier molecular flexibility index (Phi) is 4.00. The first-order chi connectivity index (χ1) is 10.8. The van der Waals surface area contributed by atoms with Crippen LogP contribution in [0.5, 0.6) is 5.75 Å². The third-order valence-corrected chi connectivity index (χ3v) is 3.92. The molecule has 0 saturated heterocycles. The van der Waals surface area contributed by atoms with E-state index in [2.05, 4.69) is 12.2 Å². The van der Waals surface area contributed by atoms with Crippen LogP contribution in [0.4, 0.5) is 5.69 Å². The Bertz CT molecular complexity index is 684. The molecule has 1 amide bonds. The topological polar surface area (TPSA) is 41.6 Å². The number of nitrogens with zero attached hydrogens (tertiary/aromatic N) is 1. The van der Waals surface area contributed by atoms with Crippen LogP contribution in [-0.4, -0.2) is 24.5 Å². The van der Waals surface area contributed by atoms with Gasteiger partial charge in [0.2, 0.25) is 0 Å². The van der Waals surface area contributed by atoms with Crippen LogP contribution in [-0.2, 0) is 0 Å². The zero-order chi connectivity index (χ0) is 15.5. The number of hydrogen-bond acceptors (Lipinski definition) is 3. The first kappa shape index (κ1) is 14.4. The fourth-order valence-electron chi connectivity index (χ4n) is 2.90. The maximum atomic E-state index is 12.8. The van der Waals surface area contributed by atoms with Crippen molar-refractivity contribution in [3.8, 4) is 5.75 Å². The van der Waals surface area contributed by atoms with E-state index < -0.39 is 0 Å². The summed E-state index contributed by atoms with van der Waals surface area (Å²) < 4.78 is 5.47. The molecule has 0 saturated carbocycles. The highest BCUT2D eigenvalue weighted by Gasteiger charge is 2.33. The number of carbonyl (C=O) groups is 1. The molecule has 0 radical (unpaired) electrons. The van der Waals surface area contributed by atoms with Crippen molar-refractivity contribution < 1.29 is 9.53 Å². The molecular weight excluding hydrogens is 276 g/mol. The smallest absolute Gasteiger partial charge is 0.257 e. The van der Waals surface area contributed by atoms with Crippen molar-refractivity contribution in [3.63, 3.8) is 0 Å². The van der Waals surface area contributed by atoms with Crippen LogP contribution in [0.25, 0.3) is 0 Å². The fraction of sp³-hybridized carbons (Fsp3) is 0.278. The summed E-state index contributed by atoms with van der Waals surface area (Å²) in [6, 6.07) is 15.5. The predicted molar refractivity (Wildman–Crippen MR) is 87.1 cm³/mol. The van der Waals surface area contributed by atoms with Crippen LogP contribution in [0, 0.1) is 0 Å². The van der Waals surface area contributed by atoms with E-state index in [-0.39, 0.29) is 12.1 Å². The van der Waals surface area contributed by atoms with E-state index in [9.17, 15) is 4.79 Å². The molecule has 4 heteroatoms. The van der Waals surface area contributed by atoms with Crippen LogP contribution in [0.1, 0.15) is 35.4 Å². The Hall–Kier alpha value is -2.49. The van der Waals surface area contributed by atoms with E-state index in [4.69, 9.17) is 4.74 Å². The molecule has 0 aliphatic carbocycles. The number of fused-ring (bicyclic) bond motifs is 1. The minimum absolute atomic E-state index is 0.0621. The summed E-state index contributed by atoms with van der Waals surface area (Å²) in [4.78, 5) is 14.7. The van der Waals surface area contributed by atoms with Gasteiger partial charge in [0.15, 0.2) is 0 Å². The molecule has 3 rings (SSSR count). The SMILES string of the molecule is CCCN1C(=O)c2ccccc2N[C@@H]1c1ccccc1OC. The number of amides is 1. The van der Waals surface area contributed by atoms with Crippen molar-refractivity contribution in [1.82, 2.24) is 4.90 Å². The summed E-state index contributed by atoms with van der Waals surface area (Å²) in [6.45, 7) is 2.77. The predicted octanol–water partition coefficient (Wildman–Crippen LogP) is 3.67. The van der Waals surface area contributed by atoms with Gasteiger partial charge >= 0.3 is 0 Å². The Labute approximate surface area is 130 Å². The van der Waals surface area contributed by atoms with Crippen molar-refractivity contribution in [2.24, 2.45) is 0 Å². The number of carbonyl (C=O) groups excluding carboxylic acids is 1. The average Bonchev–Trinajstić information content (AvgIpc) is 2.57. The van der Waals surface area contributed by atoms with Crippen LogP contribution in [0.3, 0.4) is 0 Å². The third kappa shape index (κ3) is 2.41. The lowest BCUT2D eigenvalue weighted by molar-refractivity contribution is 0.0681. The third-order valence-electron chi connectivity index (χ3n) is 3.92. The number of rotatable bonds is 4. The molecule has 1 aliphatic rings. The first-order valence-corrected chi connectivity index (χ1v) is 7.55. The van der Waals surface area contributed by atoms with Gasteiger partial charge in [-0.15, -0.1) is 0 Å². The van der Waals surface area contributed by atoms with Crippen molar-refractivity contribution >= 4 is 11.6 Å². The maximum absolute atomic E-state index is 12.8. The molecule has 0 bridgehead atoms. The molecule has 1 atom stereocenters. The van der Waals surface area contributed by atoms with E-state index >= 15 is 0 Å². The first-order valence-electron chi connectivity index (χ1n) is 7.55. The summed E-state index contributed by atoms with van der Waals surface area (Å²) in [7, 11) is 1.65. The van der Waals surface area contributed by atoms with E-state index in [1.807, 2.05) is 53.4 Å². The second-order valence-corrected chi connectivity index (χ2v) is 5.33. The Morgan fingerprint density at radius 3 is 2.64 bits per heavy atom. The van der Waals surface area contributed by atoms with Gasteiger partial charge in [0.1, 0.15) is 11.9 Å². The number of anilines is 1. The van der Waals surface area contributed by atoms with Crippen LogP contribution >= 0.6 is 0 Å². The Morgan fingerprint density at radius 1 is 1.14 bits per heavy atom.